The second-order valence-electron chi connectivity index (χ2n) is 5.97. The molecule has 0 aliphatic heterocycles. The number of aromatic amines is 1. The van der Waals surface area contributed by atoms with Gasteiger partial charge in [-0.15, -0.1) is 0 Å². The molecule has 0 atom stereocenters. The number of rotatable bonds is 6. The third-order valence-corrected chi connectivity index (χ3v) is 4.14. The zero-order valence-corrected chi connectivity index (χ0v) is 15.6. The average molecular weight is 381 g/mol. The van der Waals surface area contributed by atoms with Crippen molar-refractivity contribution in [2.75, 3.05) is 0 Å². The number of benzene rings is 2. The highest BCUT2D eigenvalue weighted by atomic mass is 32.1. The van der Waals surface area contributed by atoms with Crippen LogP contribution in [0.2, 0.25) is 0 Å². The van der Waals surface area contributed by atoms with E-state index in [4.69, 9.17) is 17.0 Å². The summed E-state index contributed by atoms with van der Waals surface area (Å²) in [7, 11) is 0. The molecule has 0 amide bonds. The monoisotopic (exact) mass is 381 g/mol. The molecule has 3 rings (SSSR count). The Bertz CT molecular complexity index is 1050. The SMILES string of the molecule is Cc1ccc(OCc2n[nH]c(=S)n2/N=C\c2ccc(C(=O)[O-])cc2)c(C)c1. The number of H-pyrrole nitrogens is 1. The van der Waals surface area contributed by atoms with Gasteiger partial charge < -0.3 is 14.6 Å². The van der Waals surface area contributed by atoms with Crippen molar-refractivity contribution in [3.05, 3.63) is 75.3 Å². The summed E-state index contributed by atoms with van der Waals surface area (Å²) in [6.45, 7) is 4.20. The maximum Gasteiger partial charge on any atom is 0.216 e. The highest BCUT2D eigenvalue weighted by Gasteiger charge is 2.07. The number of hydrogen-bond acceptors (Lipinski definition) is 6. The number of carbonyl (C=O) groups is 1. The van der Waals surface area contributed by atoms with Crippen molar-refractivity contribution in [1.82, 2.24) is 14.9 Å². The Morgan fingerprint density at radius 3 is 2.70 bits per heavy atom. The Labute approximate surface area is 160 Å². The van der Waals surface area contributed by atoms with Crippen molar-refractivity contribution >= 4 is 24.4 Å². The first-order valence-corrected chi connectivity index (χ1v) is 8.57. The first kappa shape index (κ1) is 18.5. The summed E-state index contributed by atoms with van der Waals surface area (Å²) in [5.74, 6) is 0.0619. The molecular weight excluding hydrogens is 364 g/mol. The summed E-state index contributed by atoms with van der Waals surface area (Å²) in [5, 5.41) is 21.9. The van der Waals surface area contributed by atoms with Crippen molar-refractivity contribution in [1.29, 1.82) is 0 Å². The summed E-state index contributed by atoms with van der Waals surface area (Å²) in [4.78, 5) is 10.8. The molecule has 0 bridgehead atoms. The van der Waals surface area contributed by atoms with Crippen LogP contribution in [0.4, 0.5) is 0 Å². The van der Waals surface area contributed by atoms with Gasteiger partial charge in [-0.25, -0.2) is 5.10 Å². The molecule has 0 saturated heterocycles. The topological polar surface area (TPSA) is 95.3 Å². The third-order valence-electron chi connectivity index (χ3n) is 3.87. The van der Waals surface area contributed by atoms with Crippen LogP contribution in [0.25, 0.3) is 0 Å². The van der Waals surface area contributed by atoms with E-state index in [0.29, 0.717) is 16.2 Å². The summed E-state index contributed by atoms with van der Waals surface area (Å²) < 4.78 is 7.62. The maximum atomic E-state index is 10.8. The predicted molar refractivity (Wildman–Crippen MR) is 101 cm³/mol. The molecule has 0 unspecified atom stereocenters. The highest BCUT2D eigenvalue weighted by molar-refractivity contribution is 7.71. The molecule has 138 valence electrons. The summed E-state index contributed by atoms with van der Waals surface area (Å²) >= 11 is 5.21. The van der Waals surface area contributed by atoms with E-state index in [-0.39, 0.29) is 12.2 Å². The molecule has 27 heavy (non-hydrogen) atoms. The fraction of sp³-hybridized carbons (Fsp3) is 0.158. The molecule has 2 aromatic carbocycles. The highest BCUT2D eigenvalue weighted by Crippen LogP contribution is 2.19. The number of aromatic carboxylic acids is 1. The van der Waals surface area contributed by atoms with E-state index in [1.54, 1.807) is 18.3 Å². The summed E-state index contributed by atoms with van der Waals surface area (Å²) in [6, 6.07) is 12.1. The molecule has 1 aromatic heterocycles. The fourth-order valence-corrected chi connectivity index (χ4v) is 2.67. The number of carboxylic acids is 1. The van der Waals surface area contributed by atoms with Crippen LogP contribution in [0.3, 0.4) is 0 Å². The van der Waals surface area contributed by atoms with Gasteiger partial charge in [0.1, 0.15) is 12.4 Å². The summed E-state index contributed by atoms with van der Waals surface area (Å²) in [6.07, 6.45) is 1.56. The van der Waals surface area contributed by atoms with Gasteiger partial charge in [0.15, 0.2) is 5.82 Å². The quantitative estimate of drug-likeness (QED) is 0.522. The van der Waals surface area contributed by atoms with Crippen LogP contribution in [0.15, 0.2) is 47.6 Å². The first-order chi connectivity index (χ1) is 12.9. The van der Waals surface area contributed by atoms with Gasteiger partial charge in [0, 0.05) is 0 Å². The molecule has 8 heteroatoms. The fourth-order valence-electron chi connectivity index (χ4n) is 2.47. The number of ether oxygens (including phenoxy) is 1. The molecule has 1 N–H and O–H groups in total. The minimum Gasteiger partial charge on any atom is -0.545 e. The van der Waals surface area contributed by atoms with E-state index in [1.807, 2.05) is 32.0 Å². The Morgan fingerprint density at radius 1 is 1.30 bits per heavy atom. The number of carboxylic acid groups (broad SMARTS) is 1. The number of nitrogens with zero attached hydrogens (tertiary/aromatic N) is 3. The molecule has 0 aliphatic carbocycles. The van der Waals surface area contributed by atoms with Gasteiger partial charge in [0.05, 0.1) is 12.2 Å². The lowest BCUT2D eigenvalue weighted by atomic mass is 10.1. The van der Waals surface area contributed by atoms with E-state index in [1.165, 1.54) is 16.8 Å². The summed E-state index contributed by atoms with van der Waals surface area (Å²) in [5.41, 5.74) is 3.02. The molecular formula is C19H17N4O3S-. The lowest BCUT2D eigenvalue weighted by Gasteiger charge is -2.09. The van der Waals surface area contributed by atoms with Crippen LogP contribution in [0.5, 0.6) is 5.75 Å². The molecule has 0 saturated carbocycles. The zero-order valence-electron chi connectivity index (χ0n) is 14.8. The van der Waals surface area contributed by atoms with Crippen molar-refractivity contribution in [3.8, 4) is 5.75 Å². The van der Waals surface area contributed by atoms with E-state index in [0.717, 1.165) is 16.9 Å². The Kier molecular flexibility index (Phi) is 5.46. The van der Waals surface area contributed by atoms with E-state index < -0.39 is 5.97 Å². The number of carbonyl (C=O) groups excluding carboxylic acids is 1. The number of hydrogen-bond donors (Lipinski definition) is 1. The molecule has 3 aromatic rings. The minimum absolute atomic E-state index is 0.106. The Balaban J connectivity index is 1.76. The molecule has 1 heterocycles. The van der Waals surface area contributed by atoms with Crippen LogP contribution >= 0.6 is 12.2 Å². The van der Waals surface area contributed by atoms with Crippen LogP contribution in [0, 0.1) is 18.6 Å². The lowest BCUT2D eigenvalue weighted by Crippen LogP contribution is -2.21. The van der Waals surface area contributed by atoms with Gasteiger partial charge in [-0.1, -0.05) is 42.0 Å². The largest absolute Gasteiger partial charge is 0.545 e. The van der Waals surface area contributed by atoms with Gasteiger partial charge in [-0.05, 0) is 48.8 Å². The number of nitrogens with one attached hydrogen (secondary N) is 1. The average Bonchev–Trinajstić information content (AvgIpc) is 2.99. The van der Waals surface area contributed by atoms with Gasteiger partial charge in [-0.2, -0.15) is 14.9 Å². The van der Waals surface area contributed by atoms with E-state index in [2.05, 4.69) is 15.3 Å². The number of aryl methyl sites for hydroxylation is 2. The zero-order chi connectivity index (χ0) is 19.4. The first-order valence-electron chi connectivity index (χ1n) is 8.16. The van der Waals surface area contributed by atoms with Crippen LogP contribution in [0.1, 0.15) is 32.9 Å². The van der Waals surface area contributed by atoms with Crippen LogP contribution < -0.4 is 9.84 Å². The maximum absolute atomic E-state index is 10.8. The normalized spacial score (nSPS) is 11.0. The lowest BCUT2D eigenvalue weighted by molar-refractivity contribution is -0.255. The minimum atomic E-state index is -1.22. The van der Waals surface area contributed by atoms with Gasteiger partial charge in [0.25, 0.3) is 0 Å². The third kappa shape index (κ3) is 4.48. The molecule has 0 fully saturated rings. The van der Waals surface area contributed by atoms with Crippen molar-refractivity contribution in [3.63, 3.8) is 0 Å². The van der Waals surface area contributed by atoms with E-state index >= 15 is 0 Å². The van der Waals surface area contributed by atoms with Crippen LogP contribution in [-0.4, -0.2) is 27.1 Å². The molecule has 0 spiro atoms. The molecule has 0 radical (unpaired) electrons. The molecule has 7 nitrogen and oxygen atoms in total. The van der Waals surface area contributed by atoms with Crippen molar-refractivity contribution < 1.29 is 14.6 Å². The molecule has 0 aliphatic rings. The van der Waals surface area contributed by atoms with Crippen molar-refractivity contribution in [2.45, 2.75) is 20.5 Å². The van der Waals surface area contributed by atoms with Gasteiger partial charge >= 0.3 is 0 Å². The number of aromatic nitrogens is 3. The van der Waals surface area contributed by atoms with E-state index in [9.17, 15) is 9.90 Å². The van der Waals surface area contributed by atoms with Crippen LogP contribution in [-0.2, 0) is 6.61 Å². The predicted octanol–water partition coefficient (Wildman–Crippen LogP) is 2.38. The Morgan fingerprint density at radius 2 is 2.04 bits per heavy atom. The second kappa shape index (κ2) is 7.96. The Hall–Kier alpha value is -3.26. The van der Waals surface area contributed by atoms with Gasteiger partial charge in [0.2, 0.25) is 4.77 Å². The standard InChI is InChI=1S/C19H18N4O3S/c1-12-3-8-16(13(2)9-12)26-11-17-21-22-19(27)23(17)20-10-14-4-6-15(7-5-14)18(24)25/h3-10H,11H2,1-2H3,(H,22,27)(H,24,25)/p-1/b20-10-. The van der Waals surface area contributed by atoms with Gasteiger partial charge in [-0.3, -0.25) is 0 Å². The van der Waals surface area contributed by atoms with Crippen molar-refractivity contribution in [2.24, 2.45) is 5.10 Å². The smallest absolute Gasteiger partial charge is 0.216 e. The second-order valence-corrected chi connectivity index (χ2v) is 6.36.